The van der Waals surface area contributed by atoms with Crippen molar-refractivity contribution >= 4 is 5.95 Å². The van der Waals surface area contributed by atoms with Crippen LogP contribution in [0.15, 0.2) is 43.4 Å². The molecule has 0 radical (unpaired) electrons. The van der Waals surface area contributed by atoms with E-state index in [0.29, 0.717) is 0 Å². The Bertz CT molecular complexity index is 502. The Morgan fingerprint density at radius 3 is 3.11 bits per heavy atom. The first-order valence-corrected chi connectivity index (χ1v) is 6.07. The molecule has 0 spiro atoms. The van der Waals surface area contributed by atoms with Crippen molar-refractivity contribution in [3.63, 3.8) is 0 Å². The van der Waals surface area contributed by atoms with Crippen LogP contribution in [0.2, 0.25) is 0 Å². The second kappa shape index (κ2) is 6.00. The monoisotopic (exact) mass is 242 g/mol. The molecule has 2 rings (SSSR count). The van der Waals surface area contributed by atoms with Gasteiger partial charge >= 0.3 is 0 Å². The first-order valence-electron chi connectivity index (χ1n) is 6.07. The normalized spacial score (nSPS) is 10.3. The highest BCUT2D eigenvalue weighted by Crippen LogP contribution is 2.08. The first kappa shape index (κ1) is 12.4. The molecule has 0 fully saturated rings. The molecule has 1 N–H and O–H groups in total. The Labute approximate surface area is 107 Å². The van der Waals surface area contributed by atoms with E-state index in [0.717, 1.165) is 31.2 Å². The zero-order valence-electron chi connectivity index (χ0n) is 10.6. The lowest BCUT2D eigenvalue weighted by atomic mass is 10.2. The Morgan fingerprint density at radius 1 is 1.50 bits per heavy atom. The Hall–Kier alpha value is -2.10. The molecule has 0 saturated carbocycles. The molecule has 4 heteroatoms. The van der Waals surface area contributed by atoms with Crippen molar-refractivity contribution in [2.24, 2.45) is 0 Å². The second-order valence-corrected chi connectivity index (χ2v) is 4.18. The Balaban J connectivity index is 1.92. The molecule has 0 bridgehead atoms. The predicted molar refractivity (Wildman–Crippen MR) is 73.6 cm³/mol. The van der Waals surface area contributed by atoms with Crippen molar-refractivity contribution in [3.05, 3.63) is 54.6 Å². The molecule has 0 atom stereocenters. The van der Waals surface area contributed by atoms with Crippen LogP contribution in [-0.2, 0) is 13.0 Å². The van der Waals surface area contributed by atoms with Gasteiger partial charge in [0, 0.05) is 31.7 Å². The van der Waals surface area contributed by atoms with E-state index in [1.165, 1.54) is 5.56 Å². The highest BCUT2D eigenvalue weighted by molar-refractivity contribution is 5.29. The van der Waals surface area contributed by atoms with Crippen LogP contribution in [0.1, 0.15) is 11.3 Å². The quantitative estimate of drug-likeness (QED) is 0.791. The van der Waals surface area contributed by atoms with E-state index >= 15 is 0 Å². The van der Waals surface area contributed by atoms with Gasteiger partial charge in [0.1, 0.15) is 0 Å². The minimum absolute atomic E-state index is 0.774. The molecular weight excluding hydrogens is 224 g/mol. The van der Waals surface area contributed by atoms with E-state index in [4.69, 9.17) is 0 Å². The molecule has 4 nitrogen and oxygen atoms in total. The molecule has 0 aliphatic carbocycles. The van der Waals surface area contributed by atoms with Gasteiger partial charge in [-0.05, 0) is 25.0 Å². The summed E-state index contributed by atoms with van der Waals surface area (Å²) in [7, 11) is 0. The molecule has 0 unspecified atom stereocenters. The summed E-state index contributed by atoms with van der Waals surface area (Å²) in [6.07, 6.45) is 8.51. The maximum atomic E-state index is 4.45. The van der Waals surface area contributed by atoms with Crippen molar-refractivity contribution in [2.45, 2.75) is 19.9 Å². The van der Waals surface area contributed by atoms with Crippen LogP contribution in [-0.4, -0.2) is 21.1 Å². The van der Waals surface area contributed by atoms with Crippen LogP contribution in [0.4, 0.5) is 5.95 Å². The van der Waals surface area contributed by atoms with E-state index < -0.39 is 0 Å². The average Bonchev–Trinajstić information content (AvgIpc) is 2.72. The molecule has 0 saturated heterocycles. The Kier molecular flexibility index (Phi) is 4.12. The zero-order chi connectivity index (χ0) is 12.8. The largest absolute Gasteiger partial charge is 0.355 e. The van der Waals surface area contributed by atoms with Gasteiger partial charge in [0.05, 0.1) is 5.69 Å². The number of rotatable bonds is 6. The third-order valence-electron chi connectivity index (χ3n) is 2.64. The third kappa shape index (κ3) is 3.20. The van der Waals surface area contributed by atoms with Crippen LogP contribution in [0.3, 0.4) is 0 Å². The molecule has 94 valence electrons. The lowest BCUT2D eigenvalue weighted by Crippen LogP contribution is -2.10. The fourth-order valence-corrected chi connectivity index (χ4v) is 1.83. The van der Waals surface area contributed by atoms with Crippen LogP contribution in [0.25, 0.3) is 0 Å². The van der Waals surface area contributed by atoms with E-state index in [1.807, 2.05) is 31.5 Å². The number of nitrogens with one attached hydrogen (secondary N) is 1. The molecule has 2 aromatic rings. The SMILES string of the molecule is C=CCn1cc(C)nc1NCCc1cccnc1. The van der Waals surface area contributed by atoms with E-state index in [1.54, 1.807) is 6.20 Å². The number of pyridine rings is 1. The van der Waals surface area contributed by atoms with Crippen LogP contribution >= 0.6 is 0 Å². The summed E-state index contributed by atoms with van der Waals surface area (Å²) < 4.78 is 2.06. The number of allylic oxidation sites excluding steroid dienone is 1. The molecule has 18 heavy (non-hydrogen) atoms. The maximum Gasteiger partial charge on any atom is 0.203 e. The molecule has 2 heterocycles. The third-order valence-corrected chi connectivity index (χ3v) is 2.64. The number of anilines is 1. The zero-order valence-corrected chi connectivity index (χ0v) is 10.6. The summed E-state index contributed by atoms with van der Waals surface area (Å²) >= 11 is 0. The van der Waals surface area contributed by atoms with Gasteiger partial charge < -0.3 is 9.88 Å². The van der Waals surface area contributed by atoms with E-state index in [2.05, 4.69) is 32.5 Å². The number of aryl methyl sites for hydroxylation is 1. The molecular formula is C14H18N4. The second-order valence-electron chi connectivity index (χ2n) is 4.18. The summed E-state index contributed by atoms with van der Waals surface area (Å²) in [6, 6.07) is 4.04. The summed E-state index contributed by atoms with van der Waals surface area (Å²) in [6.45, 7) is 7.36. The molecule has 2 aromatic heterocycles. The van der Waals surface area contributed by atoms with Gasteiger partial charge in [-0.1, -0.05) is 12.1 Å². The first-order chi connectivity index (χ1) is 8.79. The highest BCUT2D eigenvalue weighted by atomic mass is 15.2. The minimum atomic E-state index is 0.774. The van der Waals surface area contributed by atoms with Crippen LogP contribution in [0.5, 0.6) is 0 Å². The van der Waals surface area contributed by atoms with Crippen molar-refractivity contribution in [3.8, 4) is 0 Å². The van der Waals surface area contributed by atoms with E-state index in [9.17, 15) is 0 Å². The standard InChI is InChI=1S/C14H18N4/c1-3-9-18-11-12(2)17-14(18)16-8-6-13-5-4-7-15-10-13/h3-5,7,10-11H,1,6,8-9H2,2H3,(H,16,17). The van der Waals surface area contributed by atoms with Crippen LogP contribution in [0, 0.1) is 6.92 Å². The number of hydrogen-bond donors (Lipinski definition) is 1. The van der Waals surface area contributed by atoms with Gasteiger partial charge in [0.15, 0.2) is 0 Å². The van der Waals surface area contributed by atoms with Gasteiger partial charge in [-0.2, -0.15) is 0 Å². The molecule has 0 aliphatic rings. The van der Waals surface area contributed by atoms with Gasteiger partial charge in [-0.3, -0.25) is 4.98 Å². The van der Waals surface area contributed by atoms with Crippen LogP contribution < -0.4 is 5.32 Å². The molecule has 0 aliphatic heterocycles. The summed E-state index contributed by atoms with van der Waals surface area (Å²) in [4.78, 5) is 8.55. The van der Waals surface area contributed by atoms with Crippen molar-refractivity contribution < 1.29 is 0 Å². The minimum Gasteiger partial charge on any atom is -0.355 e. The highest BCUT2D eigenvalue weighted by Gasteiger charge is 2.03. The smallest absolute Gasteiger partial charge is 0.203 e. The van der Waals surface area contributed by atoms with Crippen molar-refractivity contribution in [2.75, 3.05) is 11.9 Å². The fraction of sp³-hybridized carbons (Fsp3) is 0.286. The molecule has 0 amide bonds. The van der Waals surface area contributed by atoms with Gasteiger partial charge in [0.25, 0.3) is 0 Å². The number of imidazole rings is 1. The maximum absolute atomic E-state index is 4.45. The van der Waals surface area contributed by atoms with Crippen molar-refractivity contribution in [1.82, 2.24) is 14.5 Å². The predicted octanol–water partition coefficient (Wildman–Crippen LogP) is 2.43. The average molecular weight is 242 g/mol. The summed E-state index contributed by atoms with van der Waals surface area (Å²) in [5.41, 5.74) is 2.24. The lowest BCUT2D eigenvalue weighted by molar-refractivity contribution is 0.816. The summed E-state index contributed by atoms with van der Waals surface area (Å²) in [5, 5.41) is 3.34. The number of aromatic nitrogens is 3. The fourth-order valence-electron chi connectivity index (χ4n) is 1.83. The topological polar surface area (TPSA) is 42.7 Å². The van der Waals surface area contributed by atoms with Gasteiger partial charge in [0.2, 0.25) is 5.95 Å². The molecule has 0 aromatic carbocycles. The lowest BCUT2D eigenvalue weighted by Gasteiger charge is -2.07. The Morgan fingerprint density at radius 2 is 2.39 bits per heavy atom. The number of hydrogen-bond acceptors (Lipinski definition) is 3. The number of nitrogens with zero attached hydrogens (tertiary/aromatic N) is 3. The van der Waals surface area contributed by atoms with Gasteiger partial charge in [-0.15, -0.1) is 6.58 Å². The van der Waals surface area contributed by atoms with E-state index in [-0.39, 0.29) is 0 Å². The van der Waals surface area contributed by atoms with Crippen molar-refractivity contribution in [1.29, 1.82) is 0 Å². The van der Waals surface area contributed by atoms with Gasteiger partial charge in [-0.25, -0.2) is 4.98 Å². The summed E-state index contributed by atoms with van der Waals surface area (Å²) in [5.74, 6) is 0.899.